The second kappa shape index (κ2) is 10.2. The molecule has 0 bridgehead atoms. The van der Waals surface area contributed by atoms with Crippen LogP contribution in [0.3, 0.4) is 0 Å². The van der Waals surface area contributed by atoms with Crippen molar-refractivity contribution < 1.29 is 18.3 Å². The molecule has 0 aliphatic carbocycles. The van der Waals surface area contributed by atoms with Crippen LogP contribution in [0.5, 0.6) is 5.75 Å². The van der Waals surface area contributed by atoms with Crippen LogP contribution < -0.4 is 10.1 Å². The minimum atomic E-state index is -0.635. The molecule has 0 saturated carbocycles. The van der Waals surface area contributed by atoms with Crippen LogP contribution in [0, 0.1) is 25.5 Å². The number of ether oxygens (including phenoxy) is 1. The molecule has 0 fully saturated rings. The van der Waals surface area contributed by atoms with Gasteiger partial charge in [0.2, 0.25) is 0 Å². The molecule has 0 spiro atoms. The molecule has 2 aromatic rings. The van der Waals surface area contributed by atoms with Crippen molar-refractivity contribution in [2.75, 3.05) is 27.2 Å². The number of benzene rings is 2. The van der Waals surface area contributed by atoms with Gasteiger partial charge < -0.3 is 15.0 Å². The van der Waals surface area contributed by atoms with E-state index in [9.17, 15) is 13.6 Å². The fourth-order valence-corrected chi connectivity index (χ4v) is 2.63. The topological polar surface area (TPSA) is 41.6 Å². The lowest BCUT2D eigenvalue weighted by molar-refractivity contribution is -0.123. The molecule has 0 saturated heterocycles. The first kappa shape index (κ1) is 22.9. The summed E-state index contributed by atoms with van der Waals surface area (Å²) in [6.45, 7) is 3.96. The van der Waals surface area contributed by atoms with Gasteiger partial charge >= 0.3 is 0 Å². The Morgan fingerprint density at radius 3 is 2.52 bits per heavy atom. The monoisotopic (exact) mass is 398 g/mol. The summed E-state index contributed by atoms with van der Waals surface area (Å²) in [5.41, 5.74) is 2.40. The summed E-state index contributed by atoms with van der Waals surface area (Å²) in [5, 5.41) is 2.74. The first-order valence-corrected chi connectivity index (χ1v) is 8.36. The lowest BCUT2D eigenvalue weighted by atomic mass is 10.1. The molecule has 1 atom stereocenters. The minimum absolute atomic E-state index is 0. The number of nitrogens with zero attached hydrogens (tertiary/aromatic N) is 1. The first-order valence-electron chi connectivity index (χ1n) is 8.36. The number of amides is 1. The predicted octanol–water partition coefficient (Wildman–Crippen LogP) is 3.80. The molecule has 1 amide bonds. The molecule has 27 heavy (non-hydrogen) atoms. The number of aryl methyl sites for hydroxylation is 1. The van der Waals surface area contributed by atoms with E-state index in [0.29, 0.717) is 11.3 Å². The zero-order valence-electron chi connectivity index (χ0n) is 15.9. The second-order valence-corrected chi connectivity index (χ2v) is 6.44. The van der Waals surface area contributed by atoms with E-state index in [1.165, 1.54) is 12.1 Å². The molecule has 2 aromatic carbocycles. The Bertz CT molecular complexity index is 785. The van der Waals surface area contributed by atoms with Crippen molar-refractivity contribution in [2.24, 2.45) is 0 Å². The molecular weight excluding hydrogens is 374 g/mol. The number of likely N-dealkylation sites (N-methyl/N-ethyl adjacent to an activating group) is 1. The second-order valence-electron chi connectivity index (χ2n) is 6.44. The Kier molecular flexibility index (Phi) is 8.66. The zero-order valence-corrected chi connectivity index (χ0v) is 16.7. The number of halogens is 3. The summed E-state index contributed by atoms with van der Waals surface area (Å²) in [5.74, 6) is -0.909. The van der Waals surface area contributed by atoms with Gasteiger partial charge in [-0.3, -0.25) is 4.79 Å². The number of rotatable bonds is 7. The third kappa shape index (κ3) is 6.19. The maximum atomic E-state index is 14.0. The normalized spacial score (nSPS) is 11.7. The van der Waals surface area contributed by atoms with Crippen LogP contribution in [0.1, 0.15) is 22.7 Å². The molecule has 0 heterocycles. The van der Waals surface area contributed by atoms with Gasteiger partial charge in [-0.2, -0.15) is 0 Å². The van der Waals surface area contributed by atoms with E-state index in [0.717, 1.165) is 17.2 Å². The van der Waals surface area contributed by atoms with E-state index in [4.69, 9.17) is 4.74 Å². The Morgan fingerprint density at radius 1 is 1.19 bits per heavy atom. The first-order chi connectivity index (χ1) is 12.3. The molecule has 148 valence electrons. The SMILES string of the molecule is Cc1cccc(OCC(=O)NCC(c2ccc(F)cc2F)N(C)C)c1C.Cl. The van der Waals surface area contributed by atoms with Gasteiger partial charge in [-0.05, 0) is 51.2 Å². The molecule has 0 aliphatic heterocycles. The lowest BCUT2D eigenvalue weighted by Gasteiger charge is -2.25. The van der Waals surface area contributed by atoms with Gasteiger partial charge in [0.15, 0.2) is 6.61 Å². The maximum absolute atomic E-state index is 14.0. The van der Waals surface area contributed by atoms with E-state index in [1.807, 2.05) is 32.0 Å². The van der Waals surface area contributed by atoms with Gasteiger partial charge in [0.25, 0.3) is 5.91 Å². The van der Waals surface area contributed by atoms with E-state index in [2.05, 4.69) is 5.32 Å². The van der Waals surface area contributed by atoms with Crippen molar-refractivity contribution >= 4 is 18.3 Å². The molecule has 0 aromatic heterocycles. The quantitative estimate of drug-likeness (QED) is 0.771. The van der Waals surface area contributed by atoms with Crippen LogP contribution in [-0.2, 0) is 4.79 Å². The molecule has 7 heteroatoms. The van der Waals surface area contributed by atoms with E-state index >= 15 is 0 Å². The van der Waals surface area contributed by atoms with E-state index in [-0.39, 0.29) is 31.5 Å². The van der Waals surface area contributed by atoms with Crippen LogP contribution in [0.2, 0.25) is 0 Å². The molecular formula is C20H25ClF2N2O2. The van der Waals surface area contributed by atoms with Crippen molar-refractivity contribution in [1.82, 2.24) is 10.2 Å². The van der Waals surface area contributed by atoms with Gasteiger partial charge in [-0.15, -0.1) is 12.4 Å². The van der Waals surface area contributed by atoms with Crippen molar-refractivity contribution in [3.05, 3.63) is 64.7 Å². The van der Waals surface area contributed by atoms with E-state index < -0.39 is 17.7 Å². The smallest absolute Gasteiger partial charge is 0.258 e. The number of carbonyl (C=O) groups is 1. The fourth-order valence-electron chi connectivity index (χ4n) is 2.63. The van der Waals surface area contributed by atoms with Crippen LogP contribution in [-0.4, -0.2) is 38.1 Å². The van der Waals surface area contributed by atoms with Crippen LogP contribution in [0.4, 0.5) is 8.78 Å². The molecule has 0 radical (unpaired) electrons. The standard InChI is InChI=1S/C20H24F2N2O2.ClH/c1-13-6-5-7-19(14(13)2)26-12-20(25)23-11-18(24(3)4)16-9-8-15(21)10-17(16)22;/h5-10,18H,11-12H2,1-4H3,(H,23,25);1H. The molecule has 2 rings (SSSR count). The lowest BCUT2D eigenvalue weighted by Crippen LogP contribution is -2.37. The average molecular weight is 399 g/mol. The van der Waals surface area contributed by atoms with Crippen molar-refractivity contribution in [3.63, 3.8) is 0 Å². The molecule has 0 aliphatic rings. The summed E-state index contributed by atoms with van der Waals surface area (Å²) in [6, 6.07) is 8.69. The van der Waals surface area contributed by atoms with Crippen molar-refractivity contribution in [2.45, 2.75) is 19.9 Å². The number of nitrogens with one attached hydrogen (secondary N) is 1. The summed E-state index contributed by atoms with van der Waals surface area (Å²) >= 11 is 0. The highest BCUT2D eigenvalue weighted by molar-refractivity contribution is 5.85. The van der Waals surface area contributed by atoms with E-state index in [1.54, 1.807) is 19.0 Å². The van der Waals surface area contributed by atoms with Gasteiger partial charge in [0.05, 0.1) is 6.04 Å². The molecule has 4 nitrogen and oxygen atoms in total. The Balaban J connectivity index is 0.00000364. The van der Waals surface area contributed by atoms with Crippen LogP contribution in [0.25, 0.3) is 0 Å². The summed E-state index contributed by atoms with van der Waals surface area (Å²) in [4.78, 5) is 13.9. The van der Waals surface area contributed by atoms with Crippen LogP contribution in [0.15, 0.2) is 36.4 Å². The average Bonchev–Trinajstić information content (AvgIpc) is 2.57. The highest BCUT2D eigenvalue weighted by atomic mass is 35.5. The largest absolute Gasteiger partial charge is 0.483 e. The Morgan fingerprint density at radius 2 is 1.89 bits per heavy atom. The van der Waals surface area contributed by atoms with Gasteiger partial charge in [0.1, 0.15) is 17.4 Å². The summed E-state index contributed by atoms with van der Waals surface area (Å²) in [7, 11) is 3.54. The van der Waals surface area contributed by atoms with Crippen molar-refractivity contribution in [1.29, 1.82) is 0 Å². The maximum Gasteiger partial charge on any atom is 0.258 e. The summed E-state index contributed by atoms with van der Waals surface area (Å²) < 4.78 is 32.7. The highest BCUT2D eigenvalue weighted by Crippen LogP contribution is 2.22. The zero-order chi connectivity index (χ0) is 19.3. The highest BCUT2D eigenvalue weighted by Gasteiger charge is 2.19. The third-order valence-corrected chi connectivity index (χ3v) is 4.35. The molecule has 1 unspecified atom stereocenters. The summed E-state index contributed by atoms with van der Waals surface area (Å²) in [6.07, 6.45) is 0. The molecule has 1 N–H and O–H groups in total. The van der Waals surface area contributed by atoms with Gasteiger partial charge in [0, 0.05) is 18.2 Å². The number of carbonyl (C=O) groups excluding carboxylic acids is 1. The Hall–Kier alpha value is -2.18. The van der Waals surface area contributed by atoms with Crippen LogP contribution >= 0.6 is 12.4 Å². The van der Waals surface area contributed by atoms with Gasteiger partial charge in [-0.25, -0.2) is 8.78 Å². The minimum Gasteiger partial charge on any atom is -0.483 e. The van der Waals surface area contributed by atoms with Crippen molar-refractivity contribution in [3.8, 4) is 5.75 Å². The third-order valence-electron chi connectivity index (χ3n) is 4.35. The fraction of sp³-hybridized carbons (Fsp3) is 0.350. The number of hydrogen-bond acceptors (Lipinski definition) is 3. The van der Waals surface area contributed by atoms with Gasteiger partial charge in [-0.1, -0.05) is 18.2 Å². The number of hydrogen-bond donors (Lipinski definition) is 1. The Labute approximate surface area is 164 Å². The predicted molar refractivity (Wildman–Crippen MR) is 104 cm³/mol.